The van der Waals surface area contributed by atoms with Crippen molar-refractivity contribution >= 4 is 15.8 Å². The summed E-state index contributed by atoms with van der Waals surface area (Å²) in [6.07, 6.45) is 5.53. The number of benzene rings is 1. The van der Waals surface area contributed by atoms with Gasteiger partial charge in [0.1, 0.15) is 5.82 Å². The van der Waals surface area contributed by atoms with Crippen LogP contribution in [0.25, 0.3) is 0 Å². The largest absolute Gasteiger partial charge is 0.478 e. The third-order valence-electron chi connectivity index (χ3n) is 3.11. The molecular weight excluding hydrogens is 271 g/mol. The molecule has 1 aliphatic rings. The summed E-state index contributed by atoms with van der Waals surface area (Å²) in [5.41, 5.74) is -0.624. The number of aromatic carboxylic acids is 1. The topological polar surface area (TPSA) is 71.4 Å². The van der Waals surface area contributed by atoms with Gasteiger partial charge in [-0.2, -0.15) is 0 Å². The number of carboxylic acids is 1. The lowest BCUT2D eigenvalue weighted by Crippen LogP contribution is -2.21. The van der Waals surface area contributed by atoms with Crippen molar-refractivity contribution in [2.75, 3.05) is 0 Å². The fourth-order valence-corrected chi connectivity index (χ4v) is 3.74. The summed E-state index contributed by atoms with van der Waals surface area (Å²) < 4.78 is 37.9. The standard InChI is InChI=1S/C13H13FO4S/c14-12-7-6-10(8-11(12)13(15)16)19(17,18)9-4-2-1-3-5-9/h2,4,6-9H,1,3,5H2,(H,15,16). The average Bonchev–Trinajstić information content (AvgIpc) is 2.39. The van der Waals surface area contributed by atoms with Crippen LogP contribution < -0.4 is 0 Å². The number of allylic oxidation sites excluding steroid dienone is 1. The van der Waals surface area contributed by atoms with E-state index < -0.39 is 32.4 Å². The second kappa shape index (κ2) is 5.13. The van der Waals surface area contributed by atoms with E-state index in [0.29, 0.717) is 6.42 Å². The maximum atomic E-state index is 13.3. The first-order valence-corrected chi connectivity index (χ1v) is 7.41. The Bertz CT molecular complexity index is 634. The maximum Gasteiger partial charge on any atom is 0.338 e. The van der Waals surface area contributed by atoms with Crippen LogP contribution in [0.3, 0.4) is 0 Å². The summed E-state index contributed by atoms with van der Waals surface area (Å²) in [5.74, 6) is -2.42. The van der Waals surface area contributed by atoms with Crippen molar-refractivity contribution < 1.29 is 22.7 Å². The Balaban J connectivity index is 2.46. The molecule has 1 aromatic rings. The monoisotopic (exact) mass is 284 g/mol. The number of carbonyl (C=O) groups is 1. The Labute approximate surface area is 110 Å². The highest BCUT2D eigenvalue weighted by atomic mass is 32.2. The molecule has 1 N–H and O–H groups in total. The van der Waals surface area contributed by atoms with Crippen molar-refractivity contribution in [3.63, 3.8) is 0 Å². The van der Waals surface area contributed by atoms with Gasteiger partial charge in [0.15, 0.2) is 9.84 Å². The quantitative estimate of drug-likeness (QED) is 0.683. The number of hydrogen-bond acceptors (Lipinski definition) is 3. The number of rotatable bonds is 3. The predicted octanol–water partition coefficient (Wildman–Crippen LogP) is 2.41. The van der Waals surface area contributed by atoms with E-state index in [0.717, 1.165) is 31.0 Å². The Morgan fingerprint density at radius 1 is 1.37 bits per heavy atom. The van der Waals surface area contributed by atoms with Gasteiger partial charge in [0.2, 0.25) is 0 Å². The summed E-state index contributed by atoms with van der Waals surface area (Å²) >= 11 is 0. The minimum absolute atomic E-state index is 0.150. The first-order valence-electron chi connectivity index (χ1n) is 5.86. The van der Waals surface area contributed by atoms with E-state index in [1.807, 2.05) is 0 Å². The van der Waals surface area contributed by atoms with Crippen molar-refractivity contribution in [3.05, 3.63) is 41.7 Å². The molecule has 0 saturated carbocycles. The molecule has 0 spiro atoms. The molecule has 0 heterocycles. The molecule has 102 valence electrons. The van der Waals surface area contributed by atoms with Crippen LogP contribution in [0.15, 0.2) is 35.2 Å². The minimum atomic E-state index is -3.65. The van der Waals surface area contributed by atoms with E-state index in [9.17, 15) is 17.6 Å². The molecule has 0 amide bonds. The number of carboxylic acid groups (broad SMARTS) is 1. The Morgan fingerprint density at radius 3 is 2.68 bits per heavy atom. The molecule has 0 aliphatic heterocycles. The zero-order chi connectivity index (χ0) is 14.0. The van der Waals surface area contributed by atoms with Crippen molar-refractivity contribution in [1.29, 1.82) is 0 Å². The second-order valence-electron chi connectivity index (χ2n) is 4.39. The minimum Gasteiger partial charge on any atom is -0.478 e. The molecule has 2 rings (SSSR count). The van der Waals surface area contributed by atoms with Crippen LogP contribution in [-0.4, -0.2) is 24.7 Å². The van der Waals surface area contributed by atoms with E-state index in [-0.39, 0.29) is 4.90 Å². The van der Waals surface area contributed by atoms with Crippen LogP contribution >= 0.6 is 0 Å². The van der Waals surface area contributed by atoms with Gasteiger partial charge < -0.3 is 5.11 Å². The highest BCUT2D eigenvalue weighted by molar-refractivity contribution is 7.92. The fourth-order valence-electron chi connectivity index (χ4n) is 2.06. The first kappa shape index (κ1) is 13.7. The van der Waals surface area contributed by atoms with Crippen LogP contribution in [-0.2, 0) is 9.84 Å². The molecular formula is C13H13FO4S. The summed E-state index contributed by atoms with van der Waals surface area (Å²) in [7, 11) is -3.65. The van der Waals surface area contributed by atoms with E-state index in [2.05, 4.69) is 0 Å². The third-order valence-corrected chi connectivity index (χ3v) is 5.21. The highest BCUT2D eigenvalue weighted by Crippen LogP contribution is 2.25. The maximum absolute atomic E-state index is 13.3. The molecule has 1 aromatic carbocycles. The van der Waals surface area contributed by atoms with E-state index in [4.69, 9.17) is 5.11 Å². The lowest BCUT2D eigenvalue weighted by atomic mass is 10.1. The van der Waals surface area contributed by atoms with Gasteiger partial charge in [-0.3, -0.25) is 0 Å². The van der Waals surface area contributed by atoms with Gasteiger partial charge in [-0.25, -0.2) is 17.6 Å². The van der Waals surface area contributed by atoms with E-state index in [1.54, 1.807) is 12.2 Å². The molecule has 4 nitrogen and oxygen atoms in total. The average molecular weight is 284 g/mol. The zero-order valence-corrected chi connectivity index (χ0v) is 10.9. The Hall–Kier alpha value is -1.69. The Kier molecular flexibility index (Phi) is 3.71. The third kappa shape index (κ3) is 2.68. The first-order chi connectivity index (χ1) is 8.93. The van der Waals surface area contributed by atoms with Gasteiger partial charge in [-0.15, -0.1) is 0 Å². The van der Waals surface area contributed by atoms with Crippen LogP contribution in [0.4, 0.5) is 4.39 Å². The zero-order valence-electron chi connectivity index (χ0n) is 10.0. The van der Waals surface area contributed by atoms with Gasteiger partial charge in [-0.1, -0.05) is 12.2 Å². The van der Waals surface area contributed by atoms with E-state index in [1.165, 1.54) is 0 Å². The predicted molar refractivity (Wildman–Crippen MR) is 67.3 cm³/mol. The van der Waals surface area contributed by atoms with Gasteiger partial charge >= 0.3 is 5.97 Å². The molecule has 0 radical (unpaired) electrons. The summed E-state index contributed by atoms with van der Waals surface area (Å²) in [4.78, 5) is 10.7. The SMILES string of the molecule is O=C(O)c1cc(S(=O)(=O)C2C=CCCC2)ccc1F. The summed E-state index contributed by atoms with van der Waals surface area (Å²) in [5, 5.41) is 8.16. The molecule has 0 bridgehead atoms. The van der Waals surface area contributed by atoms with Crippen LogP contribution in [0.2, 0.25) is 0 Å². The molecule has 1 unspecified atom stereocenters. The van der Waals surface area contributed by atoms with Gasteiger partial charge in [0.25, 0.3) is 0 Å². The van der Waals surface area contributed by atoms with Crippen LogP contribution in [0.5, 0.6) is 0 Å². The molecule has 1 aliphatic carbocycles. The highest BCUT2D eigenvalue weighted by Gasteiger charge is 2.27. The van der Waals surface area contributed by atoms with Gasteiger partial charge in [0.05, 0.1) is 15.7 Å². The lowest BCUT2D eigenvalue weighted by molar-refractivity contribution is 0.0691. The summed E-state index contributed by atoms with van der Waals surface area (Å²) in [6, 6.07) is 2.87. The van der Waals surface area contributed by atoms with Gasteiger partial charge in [0, 0.05) is 0 Å². The molecule has 19 heavy (non-hydrogen) atoms. The fraction of sp³-hybridized carbons (Fsp3) is 0.308. The Morgan fingerprint density at radius 2 is 2.11 bits per heavy atom. The smallest absolute Gasteiger partial charge is 0.338 e. The van der Waals surface area contributed by atoms with Crippen LogP contribution in [0.1, 0.15) is 29.6 Å². The summed E-state index contributed by atoms with van der Waals surface area (Å²) in [6.45, 7) is 0. The van der Waals surface area contributed by atoms with Crippen molar-refractivity contribution in [1.82, 2.24) is 0 Å². The number of hydrogen-bond donors (Lipinski definition) is 1. The van der Waals surface area contributed by atoms with Crippen molar-refractivity contribution in [3.8, 4) is 0 Å². The molecule has 1 atom stereocenters. The molecule has 6 heteroatoms. The normalized spacial score (nSPS) is 19.3. The van der Waals surface area contributed by atoms with Crippen molar-refractivity contribution in [2.24, 2.45) is 0 Å². The molecule has 0 aromatic heterocycles. The number of halogens is 1. The number of sulfone groups is 1. The second-order valence-corrected chi connectivity index (χ2v) is 6.56. The molecule has 0 fully saturated rings. The van der Waals surface area contributed by atoms with Gasteiger partial charge in [-0.05, 0) is 37.5 Å². The molecule has 0 saturated heterocycles. The van der Waals surface area contributed by atoms with Crippen LogP contribution in [0, 0.1) is 5.82 Å². The van der Waals surface area contributed by atoms with E-state index >= 15 is 0 Å². The lowest BCUT2D eigenvalue weighted by Gasteiger charge is -2.17. The van der Waals surface area contributed by atoms with Crippen molar-refractivity contribution in [2.45, 2.75) is 29.4 Å².